The van der Waals surface area contributed by atoms with Crippen molar-refractivity contribution in [1.29, 1.82) is 0 Å². The number of methoxy groups -OCH3 is 1. The maximum absolute atomic E-state index is 12.4. The fourth-order valence-corrected chi connectivity index (χ4v) is 3.26. The van der Waals surface area contributed by atoms with Crippen molar-refractivity contribution in [2.75, 3.05) is 12.4 Å². The zero-order chi connectivity index (χ0) is 19.5. The summed E-state index contributed by atoms with van der Waals surface area (Å²) in [4.78, 5) is 20.3. The molecule has 28 heavy (non-hydrogen) atoms. The van der Waals surface area contributed by atoms with E-state index in [1.807, 2.05) is 48.5 Å². The van der Waals surface area contributed by atoms with Gasteiger partial charge in [-0.15, -0.1) is 0 Å². The fourth-order valence-electron chi connectivity index (χ4n) is 3.00. The van der Waals surface area contributed by atoms with Gasteiger partial charge in [0.1, 0.15) is 11.6 Å². The first kappa shape index (κ1) is 18.1. The molecule has 1 amide bonds. The van der Waals surface area contributed by atoms with Crippen LogP contribution in [0.5, 0.6) is 5.75 Å². The predicted molar refractivity (Wildman–Crippen MR) is 111 cm³/mol. The van der Waals surface area contributed by atoms with Gasteiger partial charge in [-0.05, 0) is 48.0 Å². The van der Waals surface area contributed by atoms with Gasteiger partial charge in [0.05, 0.1) is 23.2 Å². The van der Waals surface area contributed by atoms with Crippen molar-refractivity contribution in [2.24, 2.45) is 0 Å². The number of para-hydroxylation sites is 2. The molecule has 0 aliphatic carbocycles. The second-order valence-electron chi connectivity index (χ2n) is 6.38. The van der Waals surface area contributed by atoms with Gasteiger partial charge >= 0.3 is 0 Å². The molecule has 4 aromatic rings. The Bertz CT molecular complexity index is 1100. The lowest BCUT2D eigenvalue weighted by Crippen LogP contribution is -2.11. The predicted octanol–water partition coefficient (Wildman–Crippen LogP) is 5.07. The van der Waals surface area contributed by atoms with Gasteiger partial charge < -0.3 is 15.0 Å². The first-order chi connectivity index (χ1) is 13.6. The fraction of sp³-hybridized carbons (Fsp3) is 0.0909. The van der Waals surface area contributed by atoms with Crippen molar-refractivity contribution >= 4 is 34.2 Å². The number of hydrogen-bond acceptors (Lipinski definition) is 3. The number of imidazole rings is 1. The third-order valence-corrected chi connectivity index (χ3v) is 4.73. The highest BCUT2D eigenvalue weighted by Crippen LogP contribution is 2.25. The van der Waals surface area contributed by atoms with E-state index in [1.165, 1.54) is 7.11 Å². The summed E-state index contributed by atoms with van der Waals surface area (Å²) >= 11 is 6.09. The number of nitrogens with one attached hydrogen (secondary N) is 2. The topological polar surface area (TPSA) is 67.0 Å². The molecular weight excluding hydrogens is 374 g/mol. The van der Waals surface area contributed by atoms with Crippen molar-refractivity contribution < 1.29 is 9.53 Å². The number of ether oxygens (including phenoxy) is 1. The van der Waals surface area contributed by atoms with Crippen LogP contribution in [0.2, 0.25) is 5.02 Å². The van der Waals surface area contributed by atoms with Gasteiger partial charge in [-0.25, -0.2) is 4.98 Å². The lowest BCUT2D eigenvalue weighted by atomic mass is 10.1. The van der Waals surface area contributed by atoms with Gasteiger partial charge in [0.25, 0.3) is 5.91 Å². The Kier molecular flexibility index (Phi) is 5.00. The van der Waals surface area contributed by atoms with Crippen molar-refractivity contribution in [3.05, 3.63) is 88.7 Å². The number of H-pyrrole nitrogens is 1. The van der Waals surface area contributed by atoms with E-state index in [0.29, 0.717) is 28.4 Å². The van der Waals surface area contributed by atoms with Crippen LogP contribution in [-0.4, -0.2) is 23.0 Å². The molecule has 3 aromatic carbocycles. The molecule has 0 aliphatic rings. The Morgan fingerprint density at radius 3 is 2.61 bits per heavy atom. The van der Waals surface area contributed by atoms with Crippen LogP contribution in [0.4, 0.5) is 5.69 Å². The molecular formula is C22H18ClN3O2. The van der Waals surface area contributed by atoms with Crippen LogP contribution in [-0.2, 0) is 6.42 Å². The number of halogens is 1. The number of aromatic amines is 1. The first-order valence-electron chi connectivity index (χ1n) is 8.80. The third kappa shape index (κ3) is 3.85. The normalized spacial score (nSPS) is 10.8. The molecule has 0 saturated carbocycles. The third-order valence-electron chi connectivity index (χ3n) is 4.44. The van der Waals surface area contributed by atoms with Gasteiger partial charge in [0.15, 0.2) is 0 Å². The number of hydrogen-bond donors (Lipinski definition) is 2. The lowest BCUT2D eigenvalue weighted by molar-refractivity contribution is 0.102. The number of carbonyl (C=O) groups is 1. The van der Waals surface area contributed by atoms with Crippen LogP contribution in [0.1, 0.15) is 21.7 Å². The van der Waals surface area contributed by atoms with E-state index in [-0.39, 0.29) is 5.91 Å². The highest BCUT2D eigenvalue weighted by molar-refractivity contribution is 6.32. The summed E-state index contributed by atoms with van der Waals surface area (Å²) in [6, 6.07) is 20.6. The standard InChI is InChI=1S/C22H18ClN3O2/c1-28-20-11-8-15(13-17(20)23)22(27)24-16-9-6-14(7-10-16)12-21-25-18-4-2-3-5-19(18)26-21/h2-11,13H,12H2,1H3,(H,24,27)(H,25,26). The van der Waals surface area contributed by atoms with Gasteiger partial charge in [0, 0.05) is 17.7 Å². The average Bonchev–Trinajstić information content (AvgIpc) is 3.11. The molecule has 1 aromatic heterocycles. The van der Waals surface area contributed by atoms with Crippen LogP contribution >= 0.6 is 11.6 Å². The van der Waals surface area contributed by atoms with E-state index in [4.69, 9.17) is 16.3 Å². The highest BCUT2D eigenvalue weighted by atomic mass is 35.5. The van der Waals surface area contributed by atoms with Gasteiger partial charge in [0.2, 0.25) is 0 Å². The number of amides is 1. The Labute approximate surface area is 167 Å². The Balaban J connectivity index is 1.44. The van der Waals surface area contributed by atoms with Gasteiger partial charge in [-0.1, -0.05) is 35.9 Å². The molecule has 4 rings (SSSR count). The summed E-state index contributed by atoms with van der Waals surface area (Å²) in [5, 5.41) is 3.27. The van der Waals surface area contributed by atoms with Crippen molar-refractivity contribution in [1.82, 2.24) is 9.97 Å². The summed E-state index contributed by atoms with van der Waals surface area (Å²) in [6.45, 7) is 0. The van der Waals surface area contributed by atoms with Gasteiger partial charge in [-0.3, -0.25) is 4.79 Å². The maximum atomic E-state index is 12.4. The molecule has 140 valence electrons. The van der Waals surface area contributed by atoms with Crippen molar-refractivity contribution in [3.63, 3.8) is 0 Å². The Morgan fingerprint density at radius 2 is 1.89 bits per heavy atom. The SMILES string of the molecule is COc1ccc(C(=O)Nc2ccc(Cc3nc4ccccc4[nH]3)cc2)cc1Cl. The van der Waals surface area contributed by atoms with E-state index in [0.717, 1.165) is 22.4 Å². The summed E-state index contributed by atoms with van der Waals surface area (Å²) in [6.07, 6.45) is 0.691. The zero-order valence-electron chi connectivity index (χ0n) is 15.2. The quantitative estimate of drug-likeness (QED) is 0.499. The molecule has 1 heterocycles. The van der Waals surface area contributed by atoms with Crippen LogP contribution in [0.15, 0.2) is 66.7 Å². The lowest BCUT2D eigenvalue weighted by Gasteiger charge is -2.08. The molecule has 0 radical (unpaired) electrons. The highest BCUT2D eigenvalue weighted by Gasteiger charge is 2.10. The molecule has 0 saturated heterocycles. The molecule has 6 heteroatoms. The second kappa shape index (κ2) is 7.74. The monoisotopic (exact) mass is 391 g/mol. The number of fused-ring (bicyclic) bond motifs is 1. The van der Waals surface area contributed by atoms with E-state index >= 15 is 0 Å². The second-order valence-corrected chi connectivity index (χ2v) is 6.78. The van der Waals surface area contributed by atoms with E-state index in [2.05, 4.69) is 15.3 Å². The number of anilines is 1. The molecule has 0 atom stereocenters. The van der Waals surface area contributed by atoms with Crippen LogP contribution in [0.3, 0.4) is 0 Å². The first-order valence-corrected chi connectivity index (χ1v) is 9.17. The largest absolute Gasteiger partial charge is 0.495 e. The van der Waals surface area contributed by atoms with Crippen molar-refractivity contribution in [2.45, 2.75) is 6.42 Å². The summed E-state index contributed by atoms with van der Waals surface area (Å²) < 4.78 is 5.11. The molecule has 2 N–H and O–H groups in total. The minimum absolute atomic E-state index is 0.227. The Morgan fingerprint density at radius 1 is 1.11 bits per heavy atom. The zero-order valence-corrected chi connectivity index (χ0v) is 16.0. The summed E-state index contributed by atoms with van der Waals surface area (Å²) in [5.41, 5.74) is 4.27. The minimum Gasteiger partial charge on any atom is -0.495 e. The smallest absolute Gasteiger partial charge is 0.255 e. The maximum Gasteiger partial charge on any atom is 0.255 e. The van der Waals surface area contributed by atoms with Crippen molar-refractivity contribution in [3.8, 4) is 5.75 Å². The number of benzene rings is 3. The van der Waals surface area contributed by atoms with Crippen LogP contribution < -0.4 is 10.1 Å². The number of nitrogens with zero attached hydrogens (tertiary/aromatic N) is 1. The summed E-state index contributed by atoms with van der Waals surface area (Å²) in [5.74, 6) is 1.22. The average molecular weight is 392 g/mol. The molecule has 0 fully saturated rings. The van der Waals surface area contributed by atoms with Crippen LogP contribution in [0.25, 0.3) is 11.0 Å². The Hall–Kier alpha value is -3.31. The number of rotatable bonds is 5. The van der Waals surface area contributed by atoms with Crippen LogP contribution in [0, 0.1) is 0 Å². The molecule has 0 aliphatic heterocycles. The van der Waals surface area contributed by atoms with E-state index in [9.17, 15) is 4.79 Å². The molecule has 0 bridgehead atoms. The summed E-state index contributed by atoms with van der Waals surface area (Å²) in [7, 11) is 1.54. The number of aromatic nitrogens is 2. The minimum atomic E-state index is -0.227. The van der Waals surface area contributed by atoms with E-state index < -0.39 is 0 Å². The molecule has 5 nitrogen and oxygen atoms in total. The number of carbonyl (C=O) groups excluding carboxylic acids is 1. The molecule has 0 spiro atoms. The van der Waals surface area contributed by atoms with Gasteiger partial charge in [-0.2, -0.15) is 0 Å². The molecule has 0 unspecified atom stereocenters. The van der Waals surface area contributed by atoms with E-state index in [1.54, 1.807) is 18.2 Å².